The van der Waals surface area contributed by atoms with Crippen molar-refractivity contribution in [3.63, 3.8) is 0 Å². The van der Waals surface area contributed by atoms with Gasteiger partial charge in [-0.15, -0.1) is 0 Å². The summed E-state index contributed by atoms with van der Waals surface area (Å²) >= 11 is 0. The minimum Gasteiger partial charge on any atom is -0.472 e. The van der Waals surface area contributed by atoms with E-state index < -0.39 is 5.60 Å². The highest BCUT2D eigenvalue weighted by atomic mass is 16.5. The average molecular weight is 479 g/mol. The van der Waals surface area contributed by atoms with Crippen molar-refractivity contribution in [2.75, 3.05) is 37.0 Å². The van der Waals surface area contributed by atoms with Crippen LogP contribution in [-0.2, 0) is 12.1 Å². The Labute approximate surface area is 213 Å². The maximum atomic E-state index is 7.17. The number of rotatable bonds is 5. The summed E-state index contributed by atoms with van der Waals surface area (Å²) in [6.07, 6.45) is 0. The van der Waals surface area contributed by atoms with Crippen molar-refractivity contribution >= 4 is 11.4 Å². The van der Waals surface area contributed by atoms with Gasteiger partial charge in [0.1, 0.15) is 5.75 Å². The van der Waals surface area contributed by atoms with E-state index in [0.717, 1.165) is 42.2 Å². The topological polar surface area (TPSA) is 33.5 Å². The lowest BCUT2D eigenvalue weighted by Gasteiger charge is -2.38. The minimum atomic E-state index is -0.738. The molecule has 0 amide bonds. The van der Waals surface area contributed by atoms with Gasteiger partial charge in [0, 0.05) is 61.8 Å². The van der Waals surface area contributed by atoms with Crippen LogP contribution in [0.5, 0.6) is 5.75 Å². The van der Waals surface area contributed by atoms with E-state index in [-0.39, 0.29) is 0 Å². The highest BCUT2D eigenvalue weighted by Gasteiger charge is 2.53. The molecule has 1 aliphatic carbocycles. The molecule has 6 rings (SSSR count). The van der Waals surface area contributed by atoms with Crippen LogP contribution in [-0.4, -0.2) is 37.0 Å². The van der Waals surface area contributed by atoms with Crippen LogP contribution < -0.4 is 14.5 Å². The maximum absolute atomic E-state index is 7.17. The molecule has 1 aromatic heterocycles. The maximum Gasteiger partial charge on any atom is 0.189 e. The lowest BCUT2D eigenvalue weighted by molar-refractivity contribution is 0.156. The molecule has 1 atom stereocenters. The molecule has 0 bridgehead atoms. The Balaban J connectivity index is 1.72. The second-order valence-electron chi connectivity index (χ2n) is 9.93. The number of aromatic nitrogens is 2. The van der Waals surface area contributed by atoms with E-state index in [0.29, 0.717) is 0 Å². The van der Waals surface area contributed by atoms with Crippen LogP contribution in [0.3, 0.4) is 0 Å². The molecular weight excluding hydrogens is 444 g/mol. The standard InChI is InChI=1S/C31H34N4O/c1-7-34(8-2)22-15-17-27-25(19-22)24-18-21(33(5)6)14-16-26(24)31(27)29-20(4)32-35(9-3)30(29)23-12-10-11-13-28(23)36-31/h10-19H,7-9H2,1-6H3. The van der Waals surface area contributed by atoms with Crippen LogP contribution in [0.1, 0.15) is 43.2 Å². The minimum absolute atomic E-state index is 0.738. The Kier molecular flexibility index (Phi) is 5.15. The largest absolute Gasteiger partial charge is 0.472 e. The summed E-state index contributed by atoms with van der Waals surface area (Å²) in [7, 11) is 4.20. The van der Waals surface area contributed by atoms with Crippen molar-refractivity contribution in [1.82, 2.24) is 9.78 Å². The summed E-state index contributed by atoms with van der Waals surface area (Å²) in [5.74, 6) is 0.905. The van der Waals surface area contributed by atoms with Crippen LogP contribution in [0.25, 0.3) is 22.4 Å². The molecular formula is C31H34N4O. The molecule has 1 aliphatic heterocycles. The van der Waals surface area contributed by atoms with Gasteiger partial charge in [-0.1, -0.05) is 24.3 Å². The summed E-state index contributed by atoms with van der Waals surface area (Å²) in [6.45, 7) is 11.5. The van der Waals surface area contributed by atoms with E-state index in [1.165, 1.54) is 39.3 Å². The molecule has 2 heterocycles. The number of aryl methyl sites for hydroxylation is 2. The van der Waals surface area contributed by atoms with E-state index >= 15 is 0 Å². The van der Waals surface area contributed by atoms with E-state index in [2.05, 4.69) is 117 Å². The Morgan fingerprint density at radius 3 is 2.11 bits per heavy atom. The smallest absolute Gasteiger partial charge is 0.189 e. The zero-order chi connectivity index (χ0) is 25.2. The number of hydrogen-bond donors (Lipinski definition) is 0. The van der Waals surface area contributed by atoms with Crippen molar-refractivity contribution in [1.29, 1.82) is 0 Å². The summed E-state index contributed by atoms with van der Waals surface area (Å²) < 4.78 is 9.31. The summed E-state index contributed by atoms with van der Waals surface area (Å²) in [5.41, 5.74) is 11.0. The molecule has 1 unspecified atom stereocenters. The Morgan fingerprint density at radius 2 is 1.47 bits per heavy atom. The van der Waals surface area contributed by atoms with Crippen molar-refractivity contribution in [2.45, 2.75) is 39.8 Å². The number of nitrogens with zero attached hydrogens (tertiary/aromatic N) is 4. The first kappa shape index (κ1) is 22.7. The molecule has 5 heteroatoms. The fourth-order valence-corrected chi connectivity index (χ4v) is 6.18. The van der Waals surface area contributed by atoms with Gasteiger partial charge in [-0.05, 0) is 75.2 Å². The van der Waals surface area contributed by atoms with Gasteiger partial charge in [-0.25, -0.2) is 0 Å². The first-order chi connectivity index (χ1) is 17.4. The molecule has 0 saturated heterocycles. The number of hydrogen-bond acceptors (Lipinski definition) is 4. The van der Waals surface area contributed by atoms with Crippen LogP contribution in [0.15, 0.2) is 60.7 Å². The molecule has 1 spiro atoms. The van der Waals surface area contributed by atoms with Crippen molar-refractivity contribution in [3.8, 4) is 28.1 Å². The van der Waals surface area contributed by atoms with E-state index in [1.807, 2.05) is 0 Å². The van der Waals surface area contributed by atoms with Gasteiger partial charge in [-0.3, -0.25) is 4.68 Å². The van der Waals surface area contributed by atoms with Crippen LogP contribution >= 0.6 is 0 Å². The third-order valence-electron chi connectivity index (χ3n) is 7.88. The second-order valence-corrected chi connectivity index (χ2v) is 9.93. The molecule has 184 valence electrons. The molecule has 0 fully saturated rings. The van der Waals surface area contributed by atoms with Gasteiger partial charge < -0.3 is 14.5 Å². The van der Waals surface area contributed by atoms with Crippen molar-refractivity contribution in [3.05, 3.63) is 83.0 Å². The molecule has 36 heavy (non-hydrogen) atoms. The Bertz CT molecular complexity index is 1480. The third-order valence-corrected chi connectivity index (χ3v) is 7.88. The van der Waals surface area contributed by atoms with Gasteiger partial charge in [0.25, 0.3) is 0 Å². The van der Waals surface area contributed by atoms with Gasteiger partial charge in [0.2, 0.25) is 0 Å². The van der Waals surface area contributed by atoms with Gasteiger partial charge >= 0.3 is 0 Å². The lowest BCUT2D eigenvalue weighted by atomic mass is 9.79. The lowest BCUT2D eigenvalue weighted by Crippen LogP contribution is -2.37. The number of anilines is 2. The predicted molar refractivity (Wildman–Crippen MR) is 148 cm³/mol. The fourth-order valence-electron chi connectivity index (χ4n) is 6.18. The summed E-state index contributed by atoms with van der Waals surface area (Å²) in [6, 6.07) is 22.1. The van der Waals surface area contributed by atoms with Crippen molar-refractivity contribution in [2.24, 2.45) is 0 Å². The first-order valence-electron chi connectivity index (χ1n) is 13.0. The SMILES string of the molecule is CCN(CC)c1ccc2c(c1)-c1cc(N(C)C)ccc1C21Oc2ccccc2-c2c1c(C)nn2CC. The normalized spacial score (nSPS) is 16.7. The second kappa shape index (κ2) is 8.16. The zero-order valence-electron chi connectivity index (χ0n) is 22.1. The zero-order valence-corrected chi connectivity index (χ0v) is 22.1. The number of para-hydroxylation sites is 1. The van der Waals surface area contributed by atoms with E-state index in [1.54, 1.807) is 0 Å². The third kappa shape index (κ3) is 2.92. The first-order valence-corrected chi connectivity index (χ1v) is 13.0. The molecule has 5 nitrogen and oxygen atoms in total. The Hall–Kier alpha value is -3.73. The van der Waals surface area contributed by atoms with Crippen LogP contribution in [0, 0.1) is 6.92 Å². The van der Waals surface area contributed by atoms with Gasteiger partial charge in [-0.2, -0.15) is 5.10 Å². The van der Waals surface area contributed by atoms with Gasteiger partial charge in [0.15, 0.2) is 5.60 Å². The highest BCUT2D eigenvalue weighted by Crippen LogP contribution is 2.60. The number of benzene rings is 3. The number of ether oxygens (including phenoxy) is 1. The fraction of sp³-hybridized carbons (Fsp3) is 0.323. The summed E-state index contributed by atoms with van der Waals surface area (Å²) in [5, 5.41) is 5.01. The average Bonchev–Trinajstić information content (AvgIpc) is 3.37. The summed E-state index contributed by atoms with van der Waals surface area (Å²) in [4.78, 5) is 4.57. The molecule has 4 aromatic rings. The van der Waals surface area contributed by atoms with E-state index in [9.17, 15) is 0 Å². The molecule has 0 saturated carbocycles. The molecule has 2 aliphatic rings. The quantitative estimate of drug-likeness (QED) is 0.330. The van der Waals surface area contributed by atoms with Crippen LogP contribution in [0.4, 0.5) is 11.4 Å². The monoisotopic (exact) mass is 478 g/mol. The van der Waals surface area contributed by atoms with E-state index in [4.69, 9.17) is 9.84 Å². The van der Waals surface area contributed by atoms with Crippen LogP contribution in [0.2, 0.25) is 0 Å². The number of fused-ring (bicyclic) bond motifs is 9. The Morgan fingerprint density at radius 1 is 0.833 bits per heavy atom. The van der Waals surface area contributed by atoms with Gasteiger partial charge in [0.05, 0.1) is 17.0 Å². The molecule has 0 radical (unpaired) electrons. The predicted octanol–water partition coefficient (Wildman–Crippen LogP) is 6.46. The molecule has 3 aromatic carbocycles. The molecule has 0 N–H and O–H groups in total. The highest BCUT2D eigenvalue weighted by molar-refractivity contribution is 5.90. The van der Waals surface area contributed by atoms with Crippen molar-refractivity contribution < 1.29 is 4.74 Å².